The fourth-order valence-corrected chi connectivity index (χ4v) is 2.57. The molecule has 3 nitrogen and oxygen atoms in total. The molecule has 0 aliphatic carbocycles. The van der Waals surface area contributed by atoms with Gasteiger partial charge in [0.05, 0.1) is 8.66 Å². The summed E-state index contributed by atoms with van der Waals surface area (Å²) in [5.74, 6) is 0.292. The number of hydrogen-bond donors (Lipinski definition) is 2. The van der Waals surface area contributed by atoms with Gasteiger partial charge in [0.2, 0.25) is 0 Å². The lowest BCUT2D eigenvalue weighted by Crippen LogP contribution is -2.24. The minimum atomic E-state index is -0.0210. The molecule has 1 aromatic heterocycles. The molecule has 1 aromatic rings. The first kappa shape index (κ1) is 13.7. The first-order valence-electron chi connectivity index (χ1n) is 5.28. The van der Waals surface area contributed by atoms with Crippen molar-refractivity contribution in [1.29, 1.82) is 0 Å². The Balaban J connectivity index is 2.21. The maximum absolute atomic E-state index is 11.6. The highest BCUT2D eigenvalue weighted by Crippen LogP contribution is 2.21. The van der Waals surface area contributed by atoms with E-state index in [1.54, 1.807) is 6.07 Å². The Labute approximate surface area is 108 Å². The Kier molecular flexibility index (Phi) is 6.01. The van der Waals surface area contributed by atoms with E-state index in [-0.39, 0.29) is 12.5 Å². The number of halogens is 1. The van der Waals surface area contributed by atoms with Gasteiger partial charge < -0.3 is 10.4 Å². The van der Waals surface area contributed by atoms with Crippen molar-refractivity contribution in [3.05, 3.63) is 20.8 Å². The maximum Gasteiger partial charge on any atom is 0.261 e. The Morgan fingerprint density at radius 1 is 1.62 bits per heavy atom. The number of rotatable bonds is 6. The van der Waals surface area contributed by atoms with Crippen molar-refractivity contribution >= 4 is 33.2 Å². The molecule has 16 heavy (non-hydrogen) atoms. The summed E-state index contributed by atoms with van der Waals surface area (Å²) in [5, 5.41) is 11.7. The topological polar surface area (TPSA) is 49.3 Å². The molecule has 0 saturated carbocycles. The minimum Gasteiger partial charge on any atom is -0.396 e. The SMILES string of the molecule is CC(CO)CCCNC(=O)c1ccc(Br)s1. The molecule has 1 rings (SSSR count). The van der Waals surface area contributed by atoms with Crippen molar-refractivity contribution in [2.75, 3.05) is 13.2 Å². The number of carbonyl (C=O) groups is 1. The average Bonchev–Trinajstić information content (AvgIpc) is 2.70. The van der Waals surface area contributed by atoms with Crippen LogP contribution in [0.5, 0.6) is 0 Å². The number of aliphatic hydroxyl groups is 1. The van der Waals surface area contributed by atoms with Gasteiger partial charge in [-0.2, -0.15) is 0 Å². The summed E-state index contributed by atoms with van der Waals surface area (Å²) in [4.78, 5) is 12.3. The van der Waals surface area contributed by atoms with Gasteiger partial charge in [0.15, 0.2) is 0 Å². The van der Waals surface area contributed by atoms with E-state index in [1.165, 1.54) is 11.3 Å². The van der Waals surface area contributed by atoms with Gasteiger partial charge in [0, 0.05) is 13.2 Å². The molecule has 0 saturated heterocycles. The second-order valence-corrected chi connectivity index (χ2v) is 6.25. The van der Waals surface area contributed by atoms with E-state index in [0.29, 0.717) is 12.5 Å². The highest BCUT2D eigenvalue weighted by atomic mass is 79.9. The van der Waals surface area contributed by atoms with Crippen molar-refractivity contribution in [1.82, 2.24) is 5.32 Å². The zero-order valence-electron chi connectivity index (χ0n) is 9.20. The largest absolute Gasteiger partial charge is 0.396 e. The van der Waals surface area contributed by atoms with Crippen LogP contribution >= 0.6 is 27.3 Å². The summed E-state index contributed by atoms with van der Waals surface area (Å²) >= 11 is 4.75. The normalized spacial score (nSPS) is 12.4. The van der Waals surface area contributed by atoms with Gasteiger partial charge >= 0.3 is 0 Å². The van der Waals surface area contributed by atoms with Gasteiger partial charge in [-0.3, -0.25) is 4.79 Å². The van der Waals surface area contributed by atoms with Crippen LogP contribution in [0.1, 0.15) is 29.4 Å². The third kappa shape index (κ3) is 4.63. The molecule has 0 spiro atoms. The third-order valence-electron chi connectivity index (χ3n) is 2.27. The maximum atomic E-state index is 11.6. The van der Waals surface area contributed by atoms with Gasteiger partial charge in [-0.25, -0.2) is 0 Å². The van der Waals surface area contributed by atoms with Crippen LogP contribution in [0.25, 0.3) is 0 Å². The predicted molar refractivity (Wildman–Crippen MR) is 69.8 cm³/mol. The van der Waals surface area contributed by atoms with Crippen molar-refractivity contribution in [3.63, 3.8) is 0 Å². The monoisotopic (exact) mass is 305 g/mol. The van der Waals surface area contributed by atoms with Gasteiger partial charge in [-0.15, -0.1) is 11.3 Å². The van der Waals surface area contributed by atoms with Crippen LogP contribution in [0.2, 0.25) is 0 Å². The fraction of sp³-hybridized carbons (Fsp3) is 0.545. The predicted octanol–water partition coefficient (Wildman–Crippen LogP) is 2.65. The molecule has 5 heteroatoms. The third-order valence-corrected chi connectivity index (χ3v) is 3.89. The summed E-state index contributed by atoms with van der Waals surface area (Å²) in [6.07, 6.45) is 1.84. The van der Waals surface area contributed by atoms with Crippen LogP contribution in [-0.2, 0) is 0 Å². The van der Waals surface area contributed by atoms with Crippen molar-refractivity contribution in [3.8, 4) is 0 Å². The standard InChI is InChI=1S/C11H16BrNO2S/c1-8(7-14)3-2-6-13-11(15)9-4-5-10(12)16-9/h4-5,8,14H,2-3,6-7H2,1H3,(H,13,15). The Hall–Kier alpha value is -0.390. The Bertz CT molecular complexity index is 340. The Morgan fingerprint density at radius 2 is 2.38 bits per heavy atom. The van der Waals surface area contributed by atoms with Crippen LogP contribution < -0.4 is 5.32 Å². The van der Waals surface area contributed by atoms with Gasteiger partial charge in [0.25, 0.3) is 5.91 Å². The zero-order chi connectivity index (χ0) is 12.0. The molecule has 0 aromatic carbocycles. The first-order chi connectivity index (χ1) is 7.63. The van der Waals surface area contributed by atoms with E-state index in [0.717, 1.165) is 21.5 Å². The molecule has 90 valence electrons. The molecular weight excluding hydrogens is 290 g/mol. The molecule has 0 aliphatic rings. The highest BCUT2D eigenvalue weighted by molar-refractivity contribution is 9.11. The number of carbonyl (C=O) groups excluding carboxylic acids is 1. The lowest BCUT2D eigenvalue weighted by atomic mass is 10.1. The number of thiophene rings is 1. The average molecular weight is 306 g/mol. The summed E-state index contributed by atoms with van der Waals surface area (Å²) in [5.41, 5.74) is 0. The van der Waals surface area contributed by atoms with Crippen LogP contribution in [0, 0.1) is 5.92 Å². The summed E-state index contributed by atoms with van der Waals surface area (Å²) in [6.45, 7) is 2.88. The quantitative estimate of drug-likeness (QED) is 0.794. The Morgan fingerprint density at radius 3 is 2.94 bits per heavy atom. The number of amides is 1. The lowest BCUT2D eigenvalue weighted by molar-refractivity contribution is 0.0956. The molecule has 0 bridgehead atoms. The zero-order valence-corrected chi connectivity index (χ0v) is 11.6. The summed E-state index contributed by atoms with van der Waals surface area (Å²) < 4.78 is 0.964. The van der Waals surface area contributed by atoms with Crippen molar-refractivity contribution in [2.24, 2.45) is 5.92 Å². The summed E-state index contributed by atoms with van der Waals surface area (Å²) in [7, 11) is 0. The minimum absolute atomic E-state index is 0.0210. The van der Waals surface area contributed by atoms with Crippen LogP contribution in [0.3, 0.4) is 0 Å². The van der Waals surface area contributed by atoms with E-state index in [9.17, 15) is 4.79 Å². The second kappa shape index (κ2) is 7.04. The fourth-order valence-electron chi connectivity index (χ4n) is 1.27. The van der Waals surface area contributed by atoms with Crippen LogP contribution in [-0.4, -0.2) is 24.2 Å². The first-order valence-corrected chi connectivity index (χ1v) is 6.89. The van der Waals surface area contributed by atoms with Crippen LogP contribution in [0.15, 0.2) is 15.9 Å². The van der Waals surface area contributed by atoms with E-state index < -0.39 is 0 Å². The number of nitrogens with one attached hydrogen (secondary N) is 1. The van der Waals surface area contributed by atoms with Gasteiger partial charge in [-0.1, -0.05) is 6.92 Å². The van der Waals surface area contributed by atoms with Crippen molar-refractivity contribution in [2.45, 2.75) is 19.8 Å². The molecule has 1 heterocycles. The van der Waals surface area contributed by atoms with Crippen molar-refractivity contribution < 1.29 is 9.90 Å². The van der Waals surface area contributed by atoms with Gasteiger partial charge in [-0.05, 0) is 46.8 Å². The molecule has 2 N–H and O–H groups in total. The molecule has 1 amide bonds. The van der Waals surface area contributed by atoms with E-state index in [4.69, 9.17) is 5.11 Å². The number of hydrogen-bond acceptors (Lipinski definition) is 3. The molecule has 0 radical (unpaired) electrons. The number of aliphatic hydroxyl groups excluding tert-OH is 1. The second-order valence-electron chi connectivity index (χ2n) is 3.79. The highest BCUT2D eigenvalue weighted by Gasteiger charge is 2.07. The molecule has 0 fully saturated rings. The molecule has 0 aliphatic heterocycles. The van der Waals surface area contributed by atoms with Crippen LogP contribution in [0.4, 0.5) is 0 Å². The van der Waals surface area contributed by atoms with Gasteiger partial charge in [0.1, 0.15) is 0 Å². The molecule has 1 atom stereocenters. The van der Waals surface area contributed by atoms with E-state index in [2.05, 4.69) is 21.2 Å². The van der Waals surface area contributed by atoms with E-state index >= 15 is 0 Å². The lowest BCUT2D eigenvalue weighted by Gasteiger charge is -2.07. The molecular formula is C11H16BrNO2S. The summed E-state index contributed by atoms with van der Waals surface area (Å²) in [6, 6.07) is 3.67. The van der Waals surface area contributed by atoms with E-state index in [1.807, 2.05) is 13.0 Å². The smallest absolute Gasteiger partial charge is 0.261 e. The molecule has 1 unspecified atom stereocenters.